The van der Waals surface area contributed by atoms with Crippen LogP contribution in [-0.4, -0.2) is 42.5 Å². The fraction of sp³-hybridized carbons (Fsp3) is 0.625. The molecule has 1 amide bonds. The van der Waals surface area contributed by atoms with Crippen molar-refractivity contribution in [1.29, 1.82) is 0 Å². The number of nitrogens with zero attached hydrogens (tertiary/aromatic N) is 2. The number of carbonyl (C=O) groups is 1. The van der Waals surface area contributed by atoms with E-state index in [1.807, 2.05) is 0 Å². The minimum Gasteiger partial charge on any atom is -0.354 e. The Morgan fingerprint density at radius 1 is 1.53 bits per heavy atom. The molecule has 1 N–H and O–H groups in total. The number of ether oxygens (including phenoxy) is 2. The zero-order valence-corrected chi connectivity index (χ0v) is 9.63. The average Bonchev–Trinajstić information content (AvgIpc) is 2.66. The van der Waals surface area contributed by atoms with Crippen LogP contribution in [0.3, 0.4) is 0 Å². The van der Waals surface area contributed by atoms with Crippen LogP contribution in [0.15, 0.2) is 0 Å². The molecule has 1 heterocycles. The standard InChI is InChI=1S/C8H13N3O3S/c1-5-7(15-11-10-5)8(12)9-4-6(13-2)14-3/h6H,4H2,1-3H3,(H,9,12). The molecule has 1 aromatic rings. The van der Waals surface area contributed by atoms with Gasteiger partial charge in [0.15, 0.2) is 6.29 Å². The van der Waals surface area contributed by atoms with Crippen molar-refractivity contribution in [2.75, 3.05) is 20.8 Å². The summed E-state index contributed by atoms with van der Waals surface area (Å²) in [5.74, 6) is -0.207. The smallest absolute Gasteiger partial charge is 0.265 e. The molecule has 0 aliphatic rings. The Bertz CT molecular complexity index is 325. The molecule has 1 aromatic heterocycles. The van der Waals surface area contributed by atoms with Gasteiger partial charge >= 0.3 is 0 Å². The second kappa shape index (κ2) is 5.74. The highest BCUT2D eigenvalue weighted by Crippen LogP contribution is 2.08. The molecule has 1 rings (SSSR count). The minimum absolute atomic E-state index is 0.207. The summed E-state index contributed by atoms with van der Waals surface area (Å²) in [6, 6.07) is 0. The number of rotatable bonds is 5. The van der Waals surface area contributed by atoms with E-state index in [9.17, 15) is 4.79 Å². The van der Waals surface area contributed by atoms with Crippen LogP contribution in [-0.2, 0) is 9.47 Å². The van der Waals surface area contributed by atoms with Crippen molar-refractivity contribution in [3.8, 4) is 0 Å². The maximum atomic E-state index is 11.6. The molecule has 15 heavy (non-hydrogen) atoms. The lowest BCUT2D eigenvalue weighted by molar-refractivity contribution is -0.0974. The first-order valence-electron chi connectivity index (χ1n) is 4.31. The molecular weight excluding hydrogens is 218 g/mol. The van der Waals surface area contributed by atoms with Crippen LogP contribution in [0.4, 0.5) is 0 Å². The summed E-state index contributed by atoms with van der Waals surface area (Å²) in [4.78, 5) is 12.1. The number of hydrogen-bond donors (Lipinski definition) is 1. The van der Waals surface area contributed by atoms with Crippen molar-refractivity contribution >= 4 is 17.4 Å². The third-order valence-corrected chi connectivity index (χ3v) is 2.64. The largest absolute Gasteiger partial charge is 0.354 e. The number of carbonyl (C=O) groups excluding carboxylic acids is 1. The first kappa shape index (κ1) is 12.0. The number of amides is 1. The first-order chi connectivity index (χ1) is 7.19. The van der Waals surface area contributed by atoms with Crippen LogP contribution in [0.5, 0.6) is 0 Å². The van der Waals surface area contributed by atoms with Crippen molar-refractivity contribution in [3.63, 3.8) is 0 Å². The van der Waals surface area contributed by atoms with Crippen LogP contribution in [0, 0.1) is 6.92 Å². The van der Waals surface area contributed by atoms with Crippen LogP contribution >= 0.6 is 11.5 Å². The Hall–Kier alpha value is -1.05. The van der Waals surface area contributed by atoms with Gasteiger partial charge in [-0.3, -0.25) is 4.79 Å². The Balaban J connectivity index is 2.47. The van der Waals surface area contributed by atoms with Crippen molar-refractivity contribution in [2.45, 2.75) is 13.2 Å². The van der Waals surface area contributed by atoms with Crippen molar-refractivity contribution in [2.24, 2.45) is 0 Å². The lowest BCUT2D eigenvalue weighted by atomic mass is 10.4. The molecule has 0 aromatic carbocycles. The number of methoxy groups -OCH3 is 2. The molecule has 0 saturated carbocycles. The van der Waals surface area contributed by atoms with Gasteiger partial charge in [-0.15, -0.1) is 5.10 Å². The maximum Gasteiger partial charge on any atom is 0.265 e. The van der Waals surface area contributed by atoms with Crippen LogP contribution in [0.2, 0.25) is 0 Å². The summed E-state index contributed by atoms with van der Waals surface area (Å²) >= 11 is 1.07. The third kappa shape index (κ3) is 3.22. The molecule has 0 spiro atoms. The van der Waals surface area contributed by atoms with Gasteiger partial charge in [0.05, 0.1) is 12.2 Å². The van der Waals surface area contributed by atoms with Gasteiger partial charge in [-0.25, -0.2) is 0 Å². The normalized spacial score (nSPS) is 10.7. The average molecular weight is 231 g/mol. The topological polar surface area (TPSA) is 73.3 Å². The number of aryl methyl sites for hydroxylation is 1. The van der Waals surface area contributed by atoms with E-state index in [0.717, 1.165) is 11.5 Å². The zero-order chi connectivity index (χ0) is 11.3. The van der Waals surface area contributed by atoms with E-state index >= 15 is 0 Å². The number of aromatic nitrogens is 2. The van der Waals surface area contributed by atoms with E-state index in [1.54, 1.807) is 6.92 Å². The van der Waals surface area contributed by atoms with E-state index in [1.165, 1.54) is 14.2 Å². The van der Waals surface area contributed by atoms with E-state index in [0.29, 0.717) is 17.1 Å². The van der Waals surface area contributed by atoms with E-state index in [-0.39, 0.29) is 5.91 Å². The monoisotopic (exact) mass is 231 g/mol. The molecule has 0 unspecified atom stereocenters. The Morgan fingerprint density at radius 3 is 2.67 bits per heavy atom. The molecule has 0 saturated heterocycles. The van der Waals surface area contributed by atoms with Gasteiger partial charge in [0, 0.05) is 14.2 Å². The fourth-order valence-corrected chi connectivity index (χ4v) is 1.53. The molecular formula is C8H13N3O3S. The Kier molecular flexibility index (Phi) is 4.60. The Labute approximate surface area is 91.7 Å². The third-order valence-electron chi connectivity index (χ3n) is 1.81. The summed E-state index contributed by atoms with van der Waals surface area (Å²) in [5, 5.41) is 6.42. The lowest BCUT2D eigenvalue weighted by Crippen LogP contribution is -2.34. The van der Waals surface area contributed by atoms with Gasteiger partial charge in [0.2, 0.25) is 0 Å². The van der Waals surface area contributed by atoms with Gasteiger partial charge in [0.1, 0.15) is 4.88 Å². The van der Waals surface area contributed by atoms with Crippen molar-refractivity contribution in [3.05, 3.63) is 10.6 Å². The maximum absolute atomic E-state index is 11.6. The Morgan fingerprint density at radius 2 is 2.20 bits per heavy atom. The molecule has 0 fully saturated rings. The lowest BCUT2D eigenvalue weighted by Gasteiger charge is -2.13. The molecule has 0 atom stereocenters. The van der Waals surface area contributed by atoms with Crippen molar-refractivity contribution < 1.29 is 14.3 Å². The number of nitrogens with one attached hydrogen (secondary N) is 1. The summed E-state index contributed by atoms with van der Waals surface area (Å²) in [7, 11) is 3.03. The SMILES string of the molecule is COC(CNC(=O)c1snnc1C)OC. The van der Waals surface area contributed by atoms with E-state index in [2.05, 4.69) is 14.9 Å². The van der Waals surface area contributed by atoms with Crippen LogP contribution < -0.4 is 5.32 Å². The highest BCUT2D eigenvalue weighted by atomic mass is 32.1. The predicted octanol–water partition coefficient (Wildman–Crippen LogP) is 0.195. The molecule has 0 aliphatic carbocycles. The van der Waals surface area contributed by atoms with Gasteiger partial charge in [-0.1, -0.05) is 4.49 Å². The van der Waals surface area contributed by atoms with Crippen LogP contribution in [0.1, 0.15) is 15.4 Å². The zero-order valence-electron chi connectivity index (χ0n) is 8.81. The highest BCUT2D eigenvalue weighted by molar-refractivity contribution is 7.07. The molecule has 0 aliphatic heterocycles. The molecule has 84 valence electrons. The molecule has 0 bridgehead atoms. The fourth-order valence-electron chi connectivity index (χ4n) is 0.959. The van der Waals surface area contributed by atoms with E-state index < -0.39 is 6.29 Å². The highest BCUT2D eigenvalue weighted by Gasteiger charge is 2.14. The van der Waals surface area contributed by atoms with Gasteiger partial charge in [-0.2, -0.15) is 0 Å². The van der Waals surface area contributed by atoms with E-state index in [4.69, 9.17) is 9.47 Å². The summed E-state index contributed by atoms with van der Waals surface area (Å²) in [6.45, 7) is 2.03. The first-order valence-corrected chi connectivity index (χ1v) is 5.09. The summed E-state index contributed by atoms with van der Waals surface area (Å²) in [6.07, 6.45) is -0.435. The molecule has 7 heteroatoms. The summed E-state index contributed by atoms with van der Waals surface area (Å²) < 4.78 is 13.5. The molecule has 6 nitrogen and oxygen atoms in total. The number of hydrogen-bond acceptors (Lipinski definition) is 6. The summed E-state index contributed by atoms with van der Waals surface area (Å²) in [5.41, 5.74) is 0.629. The quantitative estimate of drug-likeness (QED) is 0.732. The van der Waals surface area contributed by atoms with Gasteiger partial charge in [-0.05, 0) is 18.5 Å². The van der Waals surface area contributed by atoms with Crippen molar-refractivity contribution in [1.82, 2.24) is 14.9 Å². The predicted molar refractivity (Wildman–Crippen MR) is 54.8 cm³/mol. The minimum atomic E-state index is -0.435. The molecule has 0 radical (unpaired) electrons. The second-order valence-electron chi connectivity index (χ2n) is 2.80. The van der Waals surface area contributed by atoms with Gasteiger partial charge < -0.3 is 14.8 Å². The van der Waals surface area contributed by atoms with Gasteiger partial charge in [0.25, 0.3) is 5.91 Å². The van der Waals surface area contributed by atoms with Crippen LogP contribution in [0.25, 0.3) is 0 Å². The second-order valence-corrected chi connectivity index (χ2v) is 3.55.